The minimum Gasteiger partial charge on any atom is -0.480 e. The van der Waals surface area contributed by atoms with E-state index in [0.29, 0.717) is 0 Å². The molecule has 0 bridgehead atoms. The molecule has 0 aliphatic rings. The lowest BCUT2D eigenvalue weighted by Crippen LogP contribution is -2.50. The first-order valence-corrected chi connectivity index (χ1v) is 13.4. The van der Waals surface area contributed by atoms with Crippen molar-refractivity contribution in [3.8, 4) is 0 Å². The quantitative estimate of drug-likeness (QED) is 0.186. The van der Waals surface area contributed by atoms with Crippen LogP contribution in [0.5, 0.6) is 0 Å². The molecule has 0 unspecified atom stereocenters. The molecule has 0 saturated carbocycles. The van der Waals surface area contributed by atoms with Gasteiger partial charge >= 0.3 is 11.9 Å². The molecule has 11 heteroatoms. The second kappa shape index (κ2) is 14.2. The summed E-state index contributed by atoms with van der Waals surface area (Å²) in [5.74, 6) is -4.27. The van der Waals surface area contributed by atoms with Gasteiger partial charge in [0.25, 0.3) is 0 Å². The predicted octanol–water partition coefficient (Wildman–Crippen LogP) is 2.73. The largest absolute Gasteiger partial charge is 0.480 e. The minimum atomic E-state index is -1.26. The first-order valence-electron chi connectivity index (χ1n) is 12.4. The Morgan fingerprint density at radius 1 is 0.850 bits per heavy atom. The van der Waals surface area contributed by atoms with Crippen molar-refractivity contribution in [1.82, 2.24) is 10.6 Å². The lowest BCUT2D eigenvalue weighted by atomic mass is 9.84. The summed E-state index contributed by atoms with van der Waals surface area (Å²) < 4.78 is 13.0. The van der Waals surface area contributed by atoms with E-state index in [1.807, 2.05) is 60.7 Å². The van der Waals surface area contributed by atoms with E-state index >= 15 is 0 Å². The highest BCUT2D eigenvalue weighted by Gasteiger charge is 2.38. The minimum absolute atomic E-state index is 0.0106. The van der Waals surface area contributed by atoms with Gasteiger partial charge in [0.1, 0.15) is 24.4 Å². The molecule has 0 spiro atoms. The van der Waals surface area contributed by atoms with Gasteiger partial charge in [-0.2, -0.15) is 0 Å². The van der Waals surface area contributed by atoms with Gasteiger partial charge in [0.05, 0.1) is 4.75 Å². The summed E-state index contributed by atoms with van der Waals surface area (Å²) in [5, 5.41) is 22.9. The molecule has 2 amide bonds. The number of hydrogen-bond donors (Lipinski definition) is 5. The van der Waals surface area contributed by atoms with Crippen molar-refractivity contribution in [2.24, 2.45) is 5.73 Å². The number of benzene rings is 3. The summed E-state index contributed by atoms with van der Waals surface area (Å²) in [6, 6.07) is 22.4. The lowest BCUT2D eigenvalue weighted by molar-refractivity contribution is -0.139. The number of amides is 2. The maximum absolute atomic E-state index is 14.0. The SMILES string of the molecule is N[C@H](CCC(=O)N[C@H](CSC(c1ccccc1)(c1ccccc1)c1ccc(F)cc1)C(=O)NCC(=O)O)C(=O)O. The molecular weight excluding hydrogens is 537 g/mol. The zero-order valence-corrected chi connectivity index (χ0v) is 22.3. The van der Waals surface area contributed by atoms with Crippen LogP contribution in [0.3, 0.4) is 0 Å². The van der Waals surface area contributed by atoms with Gasteiger partial charge in [0, 0.05) is 12.2 Å². The lowest BCUT2D eigenvalue weighted by Gasteiger charge is -2.36. The number of nitrogens with two attached hydrogens (primary N) is 1. The van der Waals surface area contributed by atoms with Gasteiger partial charge in [0.15, 0.2) is 0 Å². The van der Waals surface area contributed by atoms with E-state index in [9.17, 15) is 23.6 Å². The van der Waals surface area contributed by atoms with E-state index in [1.54, 1.807) is 12.1 Å². The third kappa shape index (κ3) is 7.90. The van der Waals surface area contributed by atoms with Crippen LogP contribution in [0.4, 0.5) is 4.39 Å². The first-order chi connectivity index (χ1) is 19.1. The molecule has 0 fully saturated rings. The molecule has 0 aromatic heterocycles. The van der Waals surface area contributed by atoms with Gasteiger partial charge in [0.2, 0.25) is 11.8 Å². The topological polar surface area (TPSA) is 159 Å². The van der Waals surface area contributed by atoms with Crippen LogP contribution in [0.15, 0.2) is 84.9 Å². The van der Waals surface area contributed by atoms with Gasteiger partial charge in [-0.05, 0) is 35.2 Å². The summed E-state index contributed by atoms with van der Waals surface area (Å²) in [7, 11) is 0. The van der Waals surface area contributed by atoms with Crippen LogP contribution in [0.2, 0.25) is 0 Å². The van der Waals surface area contributed by atoms with Crippen LogP contribution in [-0.2, 0) is 23.9 Å². The summed E-state index contributed by atoms with van der Waals surface area (Å²) in [6.45, 7) is -0.653. The third-order valence-electron chi connectivity index (χ3n) is 6.14. The number of carboxylic acid groups (broad SMARTS) is 2. The van der Waals surface area contributed by atoms with E-state index in [4.69, 9.17) is 15.9 Å². The number of rotatable bonds is 14. The van der Waals surface area contributed by atoms with Crippen LogP contribution in [0.25, 0.3) is 0 Å². The molecule has 0 aliphatic heterocycles. The predicted molar refractivity (Wildman–Crippen MR) is 149 cm³/mol. The maximum atomic E-state index is 14.0. The van der Waals surface area contributed by atoms with Gasteiger partial charge in [-0.3, -0.25) is 19.2 Å². The summed E-state index contributed by atoms with van der Waals surface area (Å²) >= 11 is 1.31. The van der Waals surface area contributed by atoms with E-state index in [2.05, 4.69) is 10.6 Å². The van der Waals surface area contributed by atoms with Crippen molar-refractivity contribution in [2.45, 2.75) is 29.7 Å². The molecule has 210 valence electrons. The molecular formula is C29H30FN3O6S. The average molecular weight is 568 g/mol. The van der Waals surface area contributed by atoms with E-state index < -0.39 is 52.9 Å². The van der Waals surface area contributed by atoms with Crippen molar-refractivity contribution in [1.29, 1.82) is 0 Å². The zero-order chi connectivity index (χ0) is 29.1. The number of carbonyl (C=O) groups is 4. The number of thioether (sulfide) groups is 1. The van der Waals surface area contributed by atoms with E-state index in [0.717, 1.165) is 16.7 Å². The first kappa shape index (κ1) is 30.3. The Hall–Kier alpha value is -4.22. The van der Waals surface area contributed by atoms with Crippen molar-refractivity contribution in [2.75, 3.05) is 12.3 Å². The Morgan fingerprint density at radius 3 is 1.88 bits per heavy atom. The molecule has 0 radical (unpaired) electrons. The standard InChI is InChI=1S/C29H30FN3O6S/c30-22-13-11-21(12-14-22)29(19-7-3-1-4-8-19,20-9-5-2-6-10-20)40-18-24(27(37)32-17-26(35)36)33-25(34)16-15-23(31)28(38)39/h1-14,23-24H,15-18,31H2,(H,32,37)(H,33,34)(H,35,36)(H,38,39)/t23-,24-/m1/s1. The zero-order valence-electron chi connectivity index (χ0n) is 21.5. The number of hydrogen-bond acceptors (Lipinski definition) is 6. The Morgan fingerprint density at radius 2 is 1.38 bits per heavy atom. The second-order valence-corrected chi connectivity index (χ2v) is 10.2. The van der Waals surface area contributed by atoms with Crippen LogP contribution < -0.4 is 16.4 Å². The molecule has 0 saturated heterocycles. The van der Waals surface area contributed by atoms with Crippen LogP contribution in [-0.4, -0.2) is 58.3 Å². The fourth-order valence-corrected chi connectivity index (χ4v) is 5.69. The molecule has 3 aromatic rings. The second-order valence-electron chi connectivity index (χ2n) is 8.95. The highest BCUT2D eigenvalue weighted by Crippen LogP contribution is 2.48. The smallest absolute Gasteiger partial charge is 0.322 e. The number of nitrogens with one attached hydrogen (secondary N) is 2. The van der Waals surface area contributed by atoms with Crippen molar-refractivity contribution < 1.29 is 33.8 Å². The van der Waals surface area contributed by atoms with Crippen molar-refractivity contribution in [3.05, 3.63) is 107 Å². The normalized spacial score (nSPS) is 12.7. The number of halogens is 1. The van der Waals surface area contributed by atoms with E-state index in [-0.39, 0.29) is 18.6 Å². The van der Waals surface area contributed by atoms with Gasteiger partial charge in [-0.25, -0.2) is 4.39 Å². The van der Waals surface area contributed by atoms with Crippen LogP contribution in [0, 0.1) is 5.82 Å². The monoisotopic (exact) mass is 567 g/mol. The highest BCUT2D eigenvalue weighted by atomic mass is 32.2. The molecule has 2 atom stereocenters. The number of carbonyl (C=O) groups excluding carboxylic acids is 2. The van der Waals surface area contributed by atoms with E-state index in [1.165, 1.54) is 23.9 Å². The highest BCUT2D eigenvalue weighted by molar-refractivity contribution is 8.00. The molecule has 0 heterocycles. The molecule has 3 rings (SSSR count). The summed E-state index contributed by atoms with van der Waals surface area (Å²) in [5.41, 5.74) is 7.89. The number of aliphatic carboxylic acids is 2. The molecule has 40 heavy (non-hydrogen) atoms. The van der Waals surface area contributed by atoms with Crippen LogP contribution >= 0.6 is 11.8 Å². The third-order valence-corrected chi connectivity index (χ3v) is 7.78. The average Bonchev–Trinajstić information content (AvgIpc) is 2.96. The van der Waals surface area contributed by atoms with Crippen molar-refractivity contribution in [3.63, 3.8) is 0 Å². The fraction of sp³-hybridized carbons (Fsp3) is 0.241. The molecule has 3 aromatic carbocycles. The maximum Gasteiger partial charge on any atom is 0.322 e. The fourth-order valence-electron chi connectivity index (χ4n) is 4.13. The molecule has 0 aliphatic carbocycles. The molecule has 6 N–H and O–H groups in total. The Balaban J connectivity index is 2.00. The summed E-state index contributed by atoms with van der Waals surface area (Å²) in [6.07, 6.45) is -0.396. The van der Waals surface area contributed by atoms with Crippen molar-refractivity contribution >= 4 is 35.5 Å². The van der Waals surface area contributed by atoms with Crippen LogP contribution in [0.1, 0.15) is 29.5 Å². The van der Waals surface area contributed by atoms with Gasteiger partial charge in [-0.1, -0.05) is 72.8 Å². The van der Waals surface area contributed by atoms with Gasteiger partial charge < -0.3 is 26.6 Å². The Kier molecular flexibility index (Phi) is 10.8. The summed E-state index contributed by atoms with van der Waals surface area (Å²) in [4.78, 5) is 47.8. The van der Waals surface area contributed by atoms with Gasteiger partial charge in [-0.15, -0.1) is 11.8 Å². The Bertz CT molecular complexity index is 1270. The molecule has 9 nitrogen and oxygen atoms in total. The Labute approximate surface area is 235 Å². The number of carboxylic acids is 2.